The van der Waals surface area contributed by atoms with Crippen LogP contribution in [-0.2, 0) is 0 Å². The molecule has 2 nitrogen and oxygen atoms in total. The third kappa shape index (κ3) is 9.33. The van der Waals surface area contributed by atoms with Gasteiger partial charge in [0, 0.05) is 6.04 Å². The highest BCUT2D eigenvalue weighted by Crippen LogP contribution is 1.95. The van der Waals surface area contributed by atoms with Crippen molar-refractivity contribution < 1.29 is 5.48 Å². The summed E-state index contributed by atoms with van der Waals surface area (Å²) in [4.78, 5) is 0. The molecule has 0 aromatic carbocycles. The molecule has 1 unspecified atom stereocenters. The molecule has 0 fully saturated rings. The molecule has 0 saturated heterocycles. The first-order valence-corrected chi connectivity index (χ1v) is 3.03. The van der Waals surface area contributed by atoms with Gasteiger partial charge in [-0.05, 0) is 13.3 Å². The number of hydrogen-bond donors (Lipinski definition) is 1. The number of nitrogens with two attached hydrogens (primary N) is 1. The fourth-order valence-corrected chi connectivity index (χ4v) is 0.526. The summed E-state index contributed by atoms with van der Waals surface area (Å²) in [5.74, 6) is 0. The van der Waals surface area contributed by atoms with Crippen LogP contribution in [0, 0.1) is 0 Å². The summed E-state index contributed by atoms with van der Waals surface area (Å²) in [5, 5.41) is 0. The second kappa shape index (κ2) is 6.92. The summed E-state index contributed by atoms with van der Waals surface area (Å²) in [6.45, 7) is 4.23. The van der Waals surface area contributed by atoms with E-state index in [4.69, 9.17) is 5.73 Å². The maximum absolute atomic E-state index is 5.48. The Morgan fingerprint density at radius 1 is 1.50 bits per heavy atom. The Bertz CT molecular complexity index is 37.5. The van der Waals surface area contributed by atoms with Crippen molar-refractivity contribution in [3.8, 4) is 0 Å². The third-order valence-electron chi connectivity index (χ3n) is 1.01. The largest absolute Gasteiger partial charge is 0.412 e. The Labute approximate surface area is 51.4 Å². The summed E-state index contributed by atoms with van der Waals surface area (Å²) < 4.78 is 0. The SMILES string of the molecule is CCCCC(C)N.O. The molecule has 0 saturated carbocycles. The molecule has 0 amide bonds. The second-order valence-electron chi connectivity index (χ2n) is 2.12. The van der Waals surface area contributed by atoms with E-state index < -0.39 is 0 Å². The molecule has 0 aromatic heterocycles. The average Bonchev–Trinajstić information content (AvgIpc) is 1.61. The molecular formula is C6H17NO. The molecular weight excluding hydrogens is 102 g/mol. The molecule has 0 aliphatic carbocycles. The van der Waals surface area contributed by atoms with Gasteiger partial charge in [-0.15, -0.1) is 0 Å². The highest BCUT2D eigenvalue weighted by Gasteiger charge is 1.88. The van der Waals surface area contributed by atoms with Crippen LogP contribution in [0.4, 0.5) is 0 Å². The van der Waals surface area contributed by atoms with Crippen molar-refractivity contribution in [1.82, 2.24) is 0 Å². The van der Waals surface area contributed by atoms with Crippen molar-refractivity contribution >= 4 is 0 Å². The first-order chi connectivity index (χ1) is 3.27. The zero-order chi connectivity index (χ0) is 5.70. The number of unbranched alkanes of at least 4 members (excludes halogenated alkanes) is 1. The third-order valence-corrected chi connectivity index (χ3v) is 1.01. The van der Waals surface area contributed by atoms with E-state index in [2.05, 4.69) is 13.8 Å². The Hall–Kier alpha value is -0.0800. The molecule has 0 aliphatic rings. The van der Waals surface area contributed by atoms with Crippen LogP contribution in [0.3, 0.4) is 0 Å². The van der Waals surface area contributed by atoms with Gasteiger partial charge in [0.2, 0.25) is 0 Å². The Morgan fingerprint density at radius 2 is 2.00 bits per heavy atom. The van der Waals surface area contributed by atoms with Gasteiger partial charge in [-0.1, -0.05) is 19.8 Å². The quantitative estimate of drug-likeness (QED) is 0.584. The van der Waals surface area contributed by atoms with Gasteiger partial charge in [0.1, 0.15) is 0 Å². The molecule has 52 valence electrons. The molecule has 0 rings (SSSR count). The first-order valence-electron chi connectivity index (χ1n) is 3.03. The van der Waals surface area contributed by atoms with Crippen LogP contribution in [0.15, 0.2) is 0 Å². The van der Waals surface area contributed by atoms with E-state index in [0.717, 1.165) is 0 Å². The standard InChI is InChI=1S/C6H15N.H2O/c1-3-4-5-6(2)7;/h6H,3-5,7H2,1-2H3;1H2. The van der Waals surface area contributed by atoms with E-state index >= 15 is 0 Å². The molecule has 8 heavy (non-hydrogen) atoms. The smallest absolute Gasteiger partial charge is 0.00104 e. The number of hydrogen-bond acceptors (Lipinski definition) is 1. The summed E-state index contributed by atoms with van der Waals surface area (Å²) in [7, 11) is 0. The summed E-state index contributed by atoms with van der Waals surface area (Å²) in [6, 6.07) is 0.403. The molecule has 4 N–H and O–H groups in total. The zero-order valence-electron chi connectivity index (χ0n) is 5.78. The minimum Gasteiger partial charge on any atom is -0.412 e. The molecule has 1 atom stereocenters. The lowest BCUT2D eigenvalue weighted by atomic mass is 10.2. The van der Waals surface area contributed by atoms with E-state index in [1.165, 1.54) is 19.3 Å². The van der Waals surface area contributed by atoms with Gasteiger partial charge in [0.15, 0.2) is 0 Å². The van der Waals surface area contributed by atoms with E-state index in [-0.39, 0.29) is 5.48 Å². The van der Waals surface area contributed by atoms with Crippen LogP contribution < -0.4 is 5.73 Å². The van der Waals surface area contributed by atoms with Crippen LogP contribution in [0.25, 0.3) is 0 Å². The maximum Gasteiger partial charge on any atom is 0.00104 e. The predicted molar refractivity (Wildman–Crippen MR) is 36.8 cm³/mol. The Morgan fingerprint density at radius 3 is 2.12 bits per heavy atom. The normalized spacial score (nSPS) is 12.4. The van der Waals surface area contributed by atoms with Crippen LogP contribution >= 0.6 is 0 Å². The summed E-state index contributed by atoms with van der Waals surface area (Å²) >= 11 is 0. The van der Waals surface area contributed by atoms with E-state index in [9.17, 15) is 0 Å². The predicted octanol–water partition coefficient (Wildman–Crippen LogP) is 0.699. The van der Waals surface area contributed by atoms with Gasteiger partial charge in [0.25, 0.3) is 0 Å². The van der Waals surface area contributed by atoms with E-state index in [1.807, 2.05) is 0 Å². The van der Waals surface area contributed by atoms with Crippen molar-refractivity contribution in [2.75, 3.05) is 0 Å². The minimum atomic E-state index is 0. The fourth-order valence-electron chi connectivity index (χ4n) is 0.526. The zero-order valence-corrected chi connectivity index (χ0v) is 5.78. The van der Waals surface area contributed by atoms with Crippen molar-refractivity contribution in [3.63, 3.8) is 0 Å². The number of rotatable bonds is 3. The highest BCUT2D eigenvalue weighted by atomic mass is 16.0. The van der Waals surface area contributed by atoms with Gasteiger partial charge in [-0.3, -0.25) is 0 Å². The van der Waals surface area contributed by atoms with Crippen LogP contribution in [0.1, 0.15) is 33.1 Å². The fraction of sp³-hybridized carbons (Fsp3) is 1.00. The van der Waals surface area contributed by atoms with Crippen molar-refractivity contribution in [2.24, 2.45) is 5.73 Å². The lowest BCUT2D eigenvalue weighted by Crippen LogP contribution is -2.13. The summed E-state index contributed by atoms with van der Waals surface area (Å²) in [5.41, 5.74) is 5.48. The Balaban J connectivity index is 0. The second-order valence-corrected chi connectivity index (χ2v) is 2.12. The van der Waals surface area contributed by atoms with Gasteiger partial charge in [-0.25, -0.2) is 0 Å². The van der Waals surface area contributed by atoms with Crippen molar-refractivity contribution in [2.45, 2.75) is 39.2 Å². The van der Waals surface area contributed by atoms with E-state index in [0.29, 0.717) is 6.04 Å². The molecule has 0 heterocycles. The Kier molecular flexibility index (Phi) is 9.36. The maximum atomic E-state index is 5.48. The van der Waals surface area contributed by atoms with Crippen LogP contribution in [-0.4, -0.2) is 11.5 Å². The van der Waals surface area contributed by atoms with Gasteiger partial charge >= 0.3 is 0 Å². The summed E-state index contributed by atoms with van der Waals surface area (Å²) in [6.07, 6.45) is 3.72. The lowest BCUT2D eigenvalue weighted by Gasteiger charge is -1.99. The first kappa shape index (κ1) is 10.8. The van der Waals surface area contributed by atoms with Crippen LogP contribution in [0.5, 0.6) is 0 Å². The molecule has 0 bridgehead atoms. The topological polar surface area (TPSA) is 57.5 Å². The van der Waals surface area contributed by atoms with Gasteiger partial charge in [-0.2, -0.15) is 0 Å². The molecule has 0 spiro atoms. The molecule has 0 aromatic rings. The average molecular weight is 119 g/mol. The lowest BCUT2D eigenvalue weighted by molar-refractivity contribution is 0.616. The van der Waals surface area contributed by atoms with Gasteiger partial charge < -0.3 is 11.2 Å². The molecule has 0 radical (unpaired) electrons. The van der Waals surface area contributed by atoms with Gasteiger partial charge in [0.05, 0.1) is 0 Å². The molecule has 2 heteroatoms. The highest BCUT2D eigenvalue weighted by molar-refractivity contribution is 4.50. The molecule has 0 aliphatic heterocycles. The van der Waals surface area contributed by atoms with E-state index in [1.54, 1.807) is 0 Å². The van der Waals surface area contributed by atoms with Crippen LogP contribution in [0.2, 0.25) is 0 Å². The van der Waals surface area contributed by atoms with Crippen molar-refractivity contribution in [1.29, 1.82) is 0 Å². The van der Waals surface area contributed by atoms with Crippen molar-refractivity contribution in [3.05, 3.63) is 0 Å². The monoisotopic (exact) mass is 119 g/mol. The minimum absolute atomic E-state index is 0.